The molecule has 1 aliphatic heterocycles. The standard InChI is InChI=1S/C16H23N3O3/c1-10-12(16(20)21-3)8-14(13(9-17)15(10)18-2)19-11-4-6-22-7-5-11/h8-9,11,17-19H,4-7H2,1-3H3. The lowest BCUT2D eigenvalue weighted by molar-refractivity contribution is 0.0600. The van der Waals surface area contributed by atoms with Crippen LogP contribution < -0.4 is 10.6 Å². The van der Waals surface area contributed by atoms with Crippen molar-refractivity contribution in [2.24, 2.45) is 0 Å². The molecule has 0 amide bonds. The molecule has 6 heteroatoms. The van der Waals surface area contributed by atoms with Crippen molar-refractivity contribution in [2.75, 3.05) is 38.0 Å². The summed E-state index contributed by atoms with van der Waals surface area (Å²) in [4.78, 5) is 12.0. The van der Waals surface area contributed by atoms with Crippen molar-refractivity contribution in [3.63, 3.8) is 0 Å². The molecule has 2 rings (SSSR count). The van der Waals surface area contributed by atoms with E-state index in [0.717, 1.165) is 48.6 Å². The summed E-state index contributed by atoms with van der Waals surface area (Å²) in [6.07, 6.45) is 3.13. The van der Waals surface area contributed by atoms with Crippen molar-refractivity contribution in [3.05, 3.63) is 22.8 Å². The zero-order valence-corrected chi connectivity index (χ0v) is 13.3. The summed E-state index contributed by atoms with van der Waals surface area (Å²) in [5.74, 6) is -0.374. The summed E-state index contributed by atoms with van der Waals surface area (Å²) in [5, 5.41) is 14.3. The number of hydrogen-bond donors (Lipinski definition) is 3. The Labute approximate surface area is 130 Å². The molecule has 0 bridgehead atoms. The molecule has 0 atom stereocenters. The smallest absolute Gasteiger partial charge is 0.338 e. The molecule has 1 aromatic carbocycles. The number of anilines is 2. The number of nitrogens with one attached hydrogen (secondary N) is 3. The number of hydrogen-bond acceptors (Lipinski definition) is 6. The van der Waals surface area contributed by atoms with Crippen molar-refractivity contribution < 1.29 is 14.3 Å². The minimum Gasteiger partial charge on any atom is -0.465 e. The molecule has 0 aliphatic carbocycles. The molecule has 0 radical (unpaired) electrons. The maximum atomic E-state index is 12.0. The van der Waals surface area contributed by atoms with E-state index in [1.165, 1.54) is 13.3 Å². The Bertz CT molecular complexity index is 566. The van der Waals surface area contributed by atoms with E-state index in [1.807, 2.05) is 6.92 Å². The highest BCUT2D eigenvalue weighted by atomic mass is 16.5. The first-order valence-electron chi connectivity index (χ1n) is 7.40. The Hall–Kier alpha value is -2.08. The zero-order valence-electron chi connectivity index (χ0n) is 13.3. The number of benzene rings is 1. The van der Waals surface area contributed by atoms with Crippen molar-refractivity contribution in [1.82, 2.24) is 0 Å². The number of ether oxygens (including phenoxy) is 2. The van der Waals surface area contributed by atoms with Gasteiger partial charge in [0.1, 0.15) is 0 Å². The molecule has 1 heterocycles. The number of carbonyl (C=O) groups is 1. The topological polar surface area (TPSA) is 83.4 Å². The third kappa shape index (κ3) is 3.22. The molecule has 1 aromatic rings. The lowest BCUT2D eigenvalue weighted by atomic mass is 9.98. The highest BCUT2D eigenvalue weighted by molar-refractivity contribution is 6.01. The minimum atomic E-state index is -0.374. The van der Waals surface area contributed by atoms with E-state index < -0.39 is 0 Å². The van der Waals surface area contributed by atoms with Gasteiger partial charge in [0.05, 0.1) is 12.7 Å². The van der Waals surface area contributed by atoms with Crippen molar-refractivity contribution in [1.29, 1.82) is 5.41 Å². The van der Waals surface area contributed by atoms with E-state index in [2.05, 4.69) is 10.6 Å². The highest BCUT2D eigenvalue weighted by Gasteiger charge is 2.21. The first kappa shape index (κ1) is 16.3. The Morgan fingerprint density at radius 3 is 2.68 bits per heavy atom. The van der Waals surface area contributed by atoms with Crippen molar-refractivity contribution in [2.45, 2.75) is 25.8 Å². The second-order valence-corrected chi connectivity index (χ2v) is 5.30. The molecule has 6 nitrogen and oxygen atoms in total. The van der Waals surface area contributed by atoms with Gasteiger partial charge in [-0.3, -0.25) is 0 Å². The van der Waals surface area contributed by atoms with Crippen LogP contribution in [0.25, 0.3) is 0 Å². The van der Waals surface area contributed by atoms with Crippen LogP contribution in [-0.2, 0) is 9.47 Å². The monoisotopic (exact) mass is 305 g/mol. The highest BCUT2D eigenvalue weighted by Crippen LogP contribution is 2.31. The van der Waals surface area contributed by atoms with Crippen LogP contribution in [0, 0.1) is 12.3 Å². The quantitative estimate of drug-likeness (QED) is 0.575. The fraction of sp³-hybridized carbons (Fsp3) is 0.500. The predicted molar refractivity (Wildman–Crippen MR) is 87.4 cm³/mol. The third-order valence-corrected chi connectivity index (χ3v) is 4.01. The lowest BCUT2D eigenvalue weighted by Crippen LogP contribution is -2.28. The number of rotatable bonds is 5. The van der Waals surface area contributed by atoms with Gasteiger partial charge in [-0.1, -0.05) is 0 Å². The predicted octanol–water partition coefficient (Wildman–Crippen LogP) is 2.41. The Kier molecular flexibility index (Phi) is 5.38. The Morgan fingerprint density at radius 1 is 1.45 bits per heavy atom. The van der Waals surface area contributed by atoms with Gasteiger partial charge in [0.15, 0.2) is 0 Å². The molecular formula is C16H23N3O3. The molecule has 1 fully saturated rings. The van der Waals surface area contributed by atoms with E-state index in [0.29, 0.717) is 5.56 Å². The van der Waals surface area contributed by atoms with E-state index in [-0.39, 0.29) is 12.0 Å². The summed E-state index contributed by atoms with van der Waals surface area (Å²) < 4.78 is 10.2. The summed E-state index contributed by atoms with van der Waals surface area (Å²) in [6.45, 7) is 3.31. The van der Waals surface area contributed by atoms with Gasteiger partial charge in [-0.15, -0.1) is 0 Å². The zero-order chi connectivity index (χ0) is 16.1. The molecule has 3 N–H and O–H groups in total. The van der Waals surface area contributed by atoms with Gasteiger partial charge in [-0.25, -0.2) is 4.79 Å². The van der Waals surface area contributed by atoms with Gasteiger partial charge < -0.3 is 25.5 Å². The fourth-order valence-electron chi connectivity index (χ4n) is 2.78. The summed E-state index contributed by atoms with van der Waals surface area (Å²) in [7, 11) is 3.16. The Balaban J connectivity index is 2.45. The SMILES string of the molecule is CNc1c(C)c(C(=O)OC)cc(NC2CCOCC2)c1C=N. The largest absolute Gasteiger partial charge is 0.465 e. The van der Waals surface area contributed by atoms with Crippen LogP contribution in [0.5, 0.6) is 0 Å². The second kappa shape index (κ2) is 7.26. The maximum absolute atomic E-state index is 12.0. The maximum Gasteiger partial charge on any atom is 0.338 e. The third-order valence-electron chi connectivity index (χ3n) is 4.01. The number of esters is 1. The minimum absolute atomic E-state index is 0.283. The molecule has 22 heavy (non-hydrogen) atoms. The molecule has 0 aromatic heterocycles. The van der Waals surface area contributed by atoms with Crippen LogP contribution in [0.1, 0.15) is 34.3 Å². The number of methoxy groups -OCH3 is 1. The first-order chi connectivity index (χ1) is 10.6. The summed E-state index contributed by atoms with van der Waals surface area (Å²) >= 11 is 0. The van der Waals surface area contributed by atoms with Crippen LogP contribution in [0.2, 0.25) is 0 Å². The molecule has 0 spiro atoms. The molecule has 1 saturated heterocycles. The fourth-order valence-corrected chi connectivity index (χ4v) is 2.78. The van der Waals surface area contributed by atoms with E-state index in [4.69, 9.17) is 14.9 Å². The van der Waals surface area contributed by atoms with Gasteiger partial charge >= 0.3 is 5.97 Å². The average Bonchev–Trinajstić information content (AvgIpc) is 2.55. The molecule has 0 saturated carbocycles. The van der Waals surface area contributed by atoms with Crippen LogP contribution in [0.3, 0.4) is 0 Å². The number of carbonyl (C=O) groups excluding carboxylic acids is 1. The van der Waals surface area contributed by atoms with Crippen molar-refractivity contribution >= 4 is 23.6 Å². The van der Waals surface area contributed by atoms with Gasteiger partial charge in [-0.2, -0.15) is 0 Å². The van der Waals surface area contributed by atoms with Crippen LogP contribution in [-0.4, -0.2) is 45.6 Å². The van der Waals surface area contributed by atoms with Gasteiger partial charge in [-0.05, 0) is 31.4 Å². The normalized spacial score (nSPS) is 15.2. The van der Waals surface area contributed by atoms with Crippen LogP contribution >= 0.6 is 0 Å². The summed E-state index contributed by atoms with van der Waals surface area (Å²) in [6, 6.07) is 2.06. The van der Waals surface area contributed by atoms with Crippen molar-refractivity contribution in [3.8, 4) is 0 Å². The van der Waals surface area contributed by atoms with E-state index >= 15 is 0 Å². The van der Waals surface area contributed by atoms with E-state index in [1.54, 1.807) is 13.1 Å². The van der Waals surface area contributed by atoms with Crippen LogP contribution in [0.4, 0.5) is 11.4 Å². The van der Waals surface area contributed by atoms with Gasteiger partial charge in [0.25, 0.3) is 0 Å². The van der Waals surface area contributed by atoms with Crippen LogP contribution in [0.15, 0.2) is 6.07 Å². The molecule has 120 valence electrons. The first-order valence-corrected chi connectivity index (χ1v) is 7.40. The molecule has 0 unspecified atom stereocenters. The van der Waals surface area contributed by atoms with Gasteiger partial charge in [0, 0.05) is 49.5 Å². The molecular weight excluding hydrogens is 282 g/mol. The Morgan fingerprint density at radius 2 is 2.14 bits per heavy atom. The van der Waals surface area contributed by atoms with E-state index in [9.17, 15) is 4.79 Å². The summed E-state index contributed by atoms with van der Waals surface area (Å²) in [5.41, 5.74) is 3.58. The lowest BCUT2D eigenvalue weighted by Gasteiger charge is -2.26. The van der Waals surface area contributed by atoms with Gasteiger partial charge in [0.2, 0.25) is 0 Å². The average molecular weight is 305 g/mol. The second-order valence-electron chi connectivity index (χ2n) is 5.30. The molecule has 1 aliphatic rings.